The van der Waals surface area contributed by atoms with Gasteiger partial charge in [0.1, 0.15) is 6.54 Å². The molecule has 7 heteroatoms. The Kier molecular flexibility index (Phi) is 4.27. The molecule has 3 amide bonds. The monoisotopic (exact) mass is 255 g/mol. The maximum Gasteiger partial charge on any atom is 0.243 e. The van der Waals surface area contributed by atoms with Gasteiger partial charge in [-0.3, -0.25) is 24.6 Å². The van der Waals surface area contributed by atoms with E-state index in [0.717, 1.165) is 17.7 Å². The van der Waals surface area contributed by atoms with Gasteiger partial charge in [-0.15, -0.1) is 0 Å². The third-order valence-corrected chi connectivity index (χ3v) is 3.04. The van der Waals surface area contributed by atoms with Crippen LogP contribution in [-0.4, -0.2) is 61.5 Å². The highest BCUT2D eigenvalue weighted by Crippen LogP contribution is 2.06. The van der Waals surface area contributed by atoms with Crippen LogP contribution < -0.4 is 10.6 Å². The van der Waals surface area contributed by atoms with Crippen molar-refractivity contribution in [1.82, 2.24) is 15.5 Å². The summed E-state index contributed by atoms with van der Waals surface area (Å²) < 4.78 is 5.19. The Morgan fingerprint density at radius 2 is 1.89 bits per heavy atom. The van der Waals surface area contributed by atoms with E-state index in [1.165, 1.54) is 0 Å². The smallest absolute Gasteiger partial charge is 0.243 e. The molecule has 0 aromatic carbocycles. The standard InChI is InChI=1S/C11H17N3O4/c15-9(13-8-1-3-18-4-2-8)7-14-10(16)5-12-6-11(14)17/h8,12H,1-7H2,(H,13,15). The van der Waals surface area contributed by atoms with Gasteiger partial charge < -0.3 is 10.1 Å². The first kappa shape index (κ1) is 13.0. The molecule has 0 spiro atoms. The number of nitrogens with one attached hydrogen (secondary N) is 2. The normalized spacial score (nSPS) is 22.1. The number of carbonyl (C=O) groups is 3. The minimum absolute atomic E-state index is 0.0827. The zero-order chi connectivity index (χ0) is 13.0. The van der Waals surface area contributed by atoms with E-state index < -0.39 is 0 Å². The van der Waals surface area contributed by atoms with Crippen LogP contribution in [0, 0.1) is 0 Å². The molecule has 2 heterocycles. The maximum absolute atomic E-state index is 11.8. The number of hydrogen-bond donors (Lipinski definition) is 2. The van der Waals surface area contributed by atoms with Crippen molar-refractivity contribution in [1.29, 1.82) is 0 Å². The van der Waals surface area contributed by atoms with Gasteiger partial charge in [0.25, 0.3) is 0 Å². The summed E-state index contributed by atoms with van der Waals surface area (Å²) in [5.41, 5.74) is 0. The predicted molar refractivity (Wildman–Crippen MR) is 61.6 cm³/mol. The van der Waals surface area contributed by atoms with Gasteiger partial charge in [-0.25, -0.2) is 0 Å². The molecule has 7 nitrogen and oxygen atoms in total. The quantitative estimate of drug-likeness (QED) is 0.583. The zero-order valence-electron chi connectivity index (χ0n) is 10.1. The molecule has 2 aliphatic heterocycles. The third-order valence-electron chi connectivity index (χ3n) is 3.04. The highest BCUT2D eigenvalue weighted by Gasteiger charge is 2.28. The molecule has 2 aliphatic rings. The second kappa shape index (κ2) is 5.92. The molecule has 0 unspecified atom stereocenters. The van der Waals surface area contributed by atoms with E-state index in [9.17, 15) is 14.4 Å². The van der Waals surface area contributed by atoms with Gasteiger partial charge in [0.15, 0.2) is 0 Å². The highest BCUT2D eigenvalue weighted by atomic mass is 16.5. The van der Waals surface area contributed by atoms with Crippen LogP contribution in [0.5, 0.6) is 0 Å². The van der Waals surface area contributed by atoms with E-state index in [-0.39, 0.29) is 43.4 Å². The molecule has 2 saturated heterocycles. The molecule has 0 aliphatic carbocycles. The minimum atomic E-state index is -0.353. The Bertz CT molecular complexity index is 336. The summed E-state index contributed by atoms with van der Waals surface area (Å²) in [6.07, 6.45) is 1.55. The first-order valence-electron chi connectivity index (χ1n) is 6.08. The first-order chi connectivity index (χ1) is 8.66. The van der Waals surface area contributed by atoms with Crippen LogP contribution >= 0.6 is 0 Å². The van der Waals surface area contributed by atoms with Crippen LogP contribution in [0.2, 0.25) is 0 Å². The topological polar surface area (TPSA) is 87.7 Å². The fourth-order valence-electron chi connectivity index (χ4n) is 2.04. The highest BCUT2D eigenvalue weighted by molar-refractivity contribution is 6.02. The molecule has 100 valence electrons. The van der Waals surface area contributed by atoms with Crippen molar-refractivity contribution in [3.63, 3.8) is 0 Å². The summed E-state index contributed by atoms with van der Waals surface area (Å²) in [5.74, 6) is -0.993. The molecule has 2 fully saturated rings. The Hall–Kier alpha value is -1.47. The number of ether oxygens (including phenoxy) is 1. The van der Waals surface area contributed by atoms with Crippen molar-refractivity contribution in [3.05, 3.63) is 0 Å². The lowest BCUT2D eigenvalue weighted by atomic mass is 10.1. The second-order valence-corrected chi connectivity index (χ2v) is 4.43. The van der Waals surface area contributed by atoms with Crippen LogP contribution in [-0.2, 0) is 19.1 Å². The fraction of sp³-hybridized carbons (Fsp3) is 0.727. The number of carbonyl (C=O) groups excluding carboxylic acids is 3. The lowest BCUT2D eigenvalue weighted by Gasteiger charge is -2.27. The van der Waals surface area contributed by atoms with Crippen molar-refractivity contribution >= 4 is 17.7 Å². The Balaban J connectivity index is 1.82. The maximum atomic E-state index is 11.8. The molecule has 2 rings (SSSR count). The van der Waals surface area contributed by atoms with E-state index in [1.807, 2.05) is 0 Å². The number of rotatable bonds is 3. The average molecular weight is 255 g/mol. The van der Waals surface area contributed by atoms with Gasteiger partial charge in [-0.2, -0.15) is 0 Å². The molecule has 0 radical (unpaired) electrons. The third kappa shape index (κ3) is 3.27. The predicted octanol–water partition coefficient (Wildman–Crippen LogP) is -1.76. The van der Waals surface area contributed by atoms with Crippen molar-refractivity contribution in [2.24, 2.45) is 0 Å². The molecule has 0 atom stereocenters. The van der Waals surface area contributed by atoms with Crippen LogP contribution in [0.4, 0.5) is 0 Å². The average Bonchev–Trinajstić information content (AvgIpc) is 2.35. The molecule has 0 bridgehead atoms. The number of piperazine rings is 1. The Morgan fingerprint density at radius 1 is 1.28 bits per heavy atom. The molecular formula is C11H17N3O4. The SMILES string of the molecule is O=C(CN1C(=O)CNCC1=O)NC1CCOCC1. The van der Waals surface area contributed by atoms with E-state index in [0.29, 0.717) is 13.2 Å². The molecule has 0 saturated carbocycles. The van der Waals surface area contributed by atoms with Gasteiger partial charge in [-0.05, 0) is 12.8 Å². The van der Waals surface area contributed by atoms with Crippen LogP contribution in [0.1, 0.15) is 12.8 Å². The molecule has 2 N–H and O–H groups in total. The summed E-state index contributed by atoms with van der Waals surface area (Å²) in [6, 6.07) is 0.0827. The van der Waals surface area contributed by atoms with Gasteiger partial charge in [0, 0.05) is 19.3 Å². The second-order valence-electron chi connectivity index (χ2n) is 4.43. The van der Waals surface area contributed by atoms with Crippen molar-refractivity contribution in [3.8, 4) is 0 Å². The van der Waals surface area contributed by atoms with Gasteiger partial charge in [0.2, 0.25) is 17.7 Å². The van der Waals surface area contributed by atoms with Crippen molar-refractivity contribution in [2.75, 3.05) is 32.8 Å². The van der Waals surface area contributed by atoms with Crippen molar-refractivity contribution < 1.29 is 19.1 Å². The van der Waals surface area contributed by atoms with Crippen molar-refractivity contribution in [2.45, 2.75) is 18.9 Å². The van der Waals surface area contributed by atoms with Crippen LogP contribution in [0.25, 0.3) is 0 Å². The van der Waals surface area contributed by atoms with Crippen LogP contribution in [0.15, 0.2) is 0 Å². The lowest BCUT2D eigenvalue weighted by Crippen LogP contribution is -2.55. The van der Waals surface area contributed by atoms with Gasteiger partial charge in [0.05, 0.1) is 13.1 Å². The Morgan fingerprint density at radius 3 is 2.50 bits per heavy atom. The van der Waals surface area contributed by atoms with Gasteiger partial charge >= 0.3 is 0 Å². The first-order valence-corrected chi connectivity index (χ1v) is 6.08. The number of hydrogen-bond acceptors (Lipinski definition) is 5. The van der Waals surface area contributed by atoms with E-state index >= 15 is 0 Å². The summed E-state index contributed by atoms with van der Waals surface area (Å²) in [4.78, 5) is 35.7. The number of imide groups is 1. The molecule has 18 heavy (non-hydrogen) atoms. The van der Waals surface area contributed by atoms with E-state index in [2.05, 4.69) is 10.6 Å². The number of nitrogens with zero attached hydrogens (tertiary/aromatic N) is 1. The molecular weight excluding hydrogens is 238 g/mol. The van der Waals surface area contributed by atoms with E-state index in [4.69, 9.17) is 4.74 Å². The fourth-order valence-corrected chi connectivity index (χ4v) is 2.04. The summed E-state index contributed by atoms with van der Waals surface area (Å²) in [7, 11) is 0. The largest absolute Gasteiger partial charge is 0.381 e. The summed E-state index contributed by atoms with van der Waals surface area (Å²) in [6.45, 7) is 1.30. The Labute approximate surface area is 105 Å². The lowest BCUT2D eigenvalue weighted by molar-refractivity contribution is -0.149. The van der Waals surface area contributed by atoms with Crippen LogP contribution in [0.3, 0.4) is 0 Å². The summed E-state index contributed by atoms with van der Waals surface area (Å²) in [5, 5.41) is 5.50. The van der Waals surface area contributed by atoms with E-state index in [1.54, 1.807) is 0 Å². The number of amides is 3. The molecule has 0 aromatic heterocycles. The molecule has 0 aromatic rings. The zero-order valence-corrected chi connectivity index (χ0v) is 10.1. The summed E-state index contributed by atoms with van der Waals surface area (Å²) >= 11 is 0. The minimum Gasteiger partial charge on any atom is -0.381 e. The van der Waals surface area contributed by atoms with Gasteiger partial charge in [-0.1, -0.05) is 0 Å².